The summed E-state index contributed by atoms with van der Waals surface area (Å²) in [6.45, 7) is 0. The van der Waals surface area contributed by atoms with E-state index in [9.17, 15) is 10.1 Å². The predicted octanol–water partition coefficient (Wildman–Crippen LogP) is 4.32. The summed E-state index contributed by atoms with van der Waals surface area (Å²) in [6, 6.07) is 16.5. The van der Waals surface area contributed by atoms with Gasteiger partial charge in [0.1, 0.15) is 0 Å². The molecule has 2 rings (SSSR count). The lowest BCUT2D eigenvalue weighted by Gasteiger charge is -1.92. The molecule has 0 saturated heterocycles. The van der Waals surface area contributed by atoms with Gasteiger partial charge in [-0.1, -0.05) is 54.6 Å². The molecule has 2 aromatic rings. The first-order valence-electron chi connectivity index (χ1n) is 5.90. The summed E-state index contributed by atoms with van der Waals surface area (Å²) in [5.74, 6) is 0. The van der Waals surface area contributed by atoms with Crippen LogP contribution in [-0.2, 0) is 0 Å². The van der Waals surface area contributed by atoms with Crippen LogP contribution in [0.4, 0.5) is 5.69 Å². The highest BCUT2D eigenvalue weighted by atomic mass is 16.6. The summed E-state index contributed by atoms with van der Waals surface area (Å²) in [6.07, 6.45) is 7.76. The molecule has 0 heterocycles. The van der Waals surface area contributed by atoms with Gasteiger partial charge in [-0.3, -0.25) is 10.1 Å². The summed E-state index contributed by atoms with van der Waals surface area (Å²) in [4.78, 5) is 10.1. The van der Waals surface area contributed by atoms with Crippen LogP contribution >= 0.6 is 0 Å². The van der Waals surface area contributed by atoms with Crippen LogP contribution in [-0.4, -0.2) is 4.92 Å². The Bertz CT molecular complexity index is 598. The molecule has 0 aromatic heterocycles. The minimum atomic E-state index is -0.400. The summed E-state index contributed by atoms with van der Waals surface area (Å²) < 4.78 is 0. The number of rotatable bonds is 4. The Morgan fingerprint density at radius 1 is 0.789 bits per heavy atom. The minimum absolute atomic E-state index is 0.108. The van der Waals surface area contributed by atoms with E-state index in [2.05, 4.69) is 0 Å². The van der Waals surface area contributed by atoms with E-state index in [1.165, 1.54) is 12.1 Å². The monoisotopic (exact) mass is 251 g/mol. The number of hydrogen-bond acceptors (Lipinski definition) is 2. The van der Waals surface area contributed by atoms with Gasteiger partial charge in [0.15, 0.2) is 0 Å². The molecule has 94 valence electrons. The third-order valence-electron chi connectivity index (χ3n) is 2.59. The molecule has 0 saturated carbocycles. The summed E-state index contributed by atoms with van der Waals surface area (Å²) in [5.41, 5.74) is 2.18. The molecule has 2 aromatic carbocycles. The number of hydrogen-bond donors (Lipinski definition) is 0. The van der Waals surface area contributed by atoms with Crippen LogP contribution in [0.5, 0.6) is 0 Å². The fourth-order valence-electron chi connectivity index (χ4n) is 1.60. The molecule has 0 aliphatic heterocycles. The number of nitrogens with zero attached hydrogens (tertiary/aromatic N) is 1. The number of non-ortho nitro benzene ring substituents is 1. The fourth-order valence-corrected chi connectivity index (χ4v) is 1.60. The highest BCUT2D eigenvalue weighted by Gasteiger charge is 2.01. The van der Waals surface area contributed by atoms with Crippen LogP contribution in [0.1, 0.15) is 11.1 Å². The van der Waals surface area contributed by atoms with Gasteiger partial charge in [0.2, 0.25) is 0 Å². The van der Waals surface area contributed by atoms with E-state index >= 15 is 0 Å². The lowest BCUT2D eigenvalue weighted by molar-refractivity contribution is -0.384. The van der Waals surface area contributed by atoms with Gasteiger partial charge in [-0.05, 0) is 23.3 Å². The molecule has 3 nitrogen and oxygen atoms in total. The van der Waals surface area contributed by atoms with Crippen molar-refractivity contribution in [3.63, 3.8) is 0 Å². The third-order valence-corrected chi connectivity index (χ3v) is 2.59. The first-order valence-corrected chi connectivity index (χ1v) is 5.90. The van der Waals surface area contributed by atoms with Crippen molar-refractivity contribution in [3.05, 3.63) is 88.0 Å². The van der Waals surface area contributed by atoms with Crippen molar-refractivity contribution < 1.29 is 4.92 Å². The van der Waals surface area contributed by atoms with E-state index in [1.54, 1.807) is 12.1 Å². The summed E-state index contributed by atoms with van der Waals surface area (Å²) >= 11 is 0. The molecular formula is C16H13NO2. The van der Waals surface area contributed by atoms with E-state index < -0.39 is 4.92 Å². The average Bonchev–Trinajstić information content (AvgIpc) is 2.45. The highest BCUT2D eigenvalue weighted by molar-refractivity contribution is 5.57. The zero-order valence-corrected chi connectivity index (χ0v) is 10.3. The lowest BCUT2D eigenvalue weighted by Crippen LogP contribution is -1.86. The third kappa shape index (κ3) is 3.92. The Morgan fingerprint density at radius 2 is 1.32 bits per heavy atom. The highest BCUT2D eigenvalue weighted by Crippen LogP contribution is 2.13. The van der Waals surface area contributed by atoms with E-state index in [-0.39, 0.29) is 5.69 Å². The van der Waals surface area contributed by atoms with Gasteiger partial charge >= 0.3 is 0 Å². The van der Waals surface area contributed by atoms with Gasteiger partial charge in [0.25, 0.3) is 5.69 Å². The van der Waals surface area contributed by atoms with Crippen molar-refractivity contribution in [1.29, 1.82) is 0 Å². The lowest BCUT2D eigenvalue weighted by atomic mass is 10.2. The molecule has 3 heteroatoms. The van der Waals surface area contributed by atoms with Crippen LogP contribution in [0.3, 0.4) is 0 Å². The second-order valence-electron chi connectivity index (χ2n) is 3.98. The molecule has 0 radical (unpaired) electrons. The molecule has 19 heavy (non-hydrogen) atoms. The molecule has 0 spiro atoms. The van der Waals surface area contributed by atoms with Gasteiger partial charge in [0.05, 0.1) is 4.92 Å². The van der Waals surface area contributed by atoms with E-state index in [1.807, 2.05) is 54.6 Å². The van der Waals surface area contributed by atoms with Crippen molar-refractivity contribution >= 4 is 17.8 Å². The van der Waals surface area contributed by atoms with Crippen molar-refractivity contribution in [2.75, 3.05) is 0 Å². The van der Waals surface area contributed by atoms with Gasteiger partial charge in [0, 0.05) is 12.1 Å². The van der Waals surface area contributed by atoms with Crippen molar-refractivity contribution in [3.8, 4) is 0 Å². The Morgan fingerprint density at radius 3 is 1.84 bits per heavy atom. The average molecular weight is 251 g/mol. The van der Waals surface area contributed by atoms with Crippen molar-refractivity contribution in [2.45, 2.75) is 0 Å². The van der Waals surface area contributed by atoms with Gasteiger partial charge in [-0.2, -0.15) is 0 Å². The number of allylic oxidation sites excluding steroid dienone is 2. The van der Waals surface area contributed by atoms with E-state index in [0.29, 0.717) is 0 Å². The zero-order valence-electron chi connectivity index (χ0n) is 10.3. The molecular weight excluding hydrogens is 238 g/mol. The quantitative estimate of drug-likeness (QED) is 0.461. The van der Waals surface area contributed by atoms with Crippen LogP contribution < -0.4 is 0 Å². The maximum absolute atomic E-state index is 10.5. The largest absolute Gasteiger partial charge is 0.269 e. The molecule has 0 N–H and O–H groups in total. The minimum Gasteiger partial charge on any atom is -0.258 e. The second kappa shape index (κ2) is 6.31. The number of benzene rings is 2. The predicted molar refractivity (Wildman–Crippen MR) is 77.6 cm³/mol. The number of nitro benzene ring substituents is 1. The fraction of sp³-hybridized carbons (Fsp3) is 0. The van der Waals surface area contributed by atoms with Gasteiger partial charge in [-0.15, -0.1) is 0 Å². The summed E-state index contributed by atoms with van der Waals surface area (Å²) in [7, 11) is 0. The van der Waals surface area contributed by atoms with E-state index in [0.717, 1.165) is 11.1 Å². The molecule has 0 atom stereocenters. The first-order chi connectivity index (χ1) is 9.25. The molecule has 0 amide bonds. The van der Waals surface area contributed by atoms with Crippen LogP contribution in [0.2, 0.25) is 0 Å². The Kier molecular flexibility index (Phi) is 4.24. The van der Waals surface area contributed by atoms with E-state index in [4.69, 9.17) is 0 Å². The summed E-state index contributed by atoms with van der Waals surface area (Å²) in [5, 5.41) is 10.5. The van der Waals surface area contributed by atoms with Crippen LogP contribution in [0.15, 0.2) is 66.7 Å². The maximum atomic E-state index is 10.5. The Labute approximate surface area is 111 Å². The van der Waals surface area contributed by atoms with Gasteiger partial charge < -0.3 is 0 Å². The van der Waals surface area contributed by atoms with Crippen molar-refractivity contribution in [1.82, 2.24) is 0 Å². The van der Waals surface area contributed by atoms with Crippen LogP contribution in [0, 0.1) is 10.1 Å². The molecule has 0 fully saturated rings. The first kappa shape index (κ1) is 12.8. The smallest absolute Gasteiger partial charge is 0.258 e. The van der Waals surface area contributed by atoms with Crippen molar-refractivity contribution in [2.24, 2.45) is 0 Å². The molecule has 0 aliphatic carbocycles. The van der Waals surface area contributed by atoms with Crippen LogP contribution in [0.25, 0.3) is 12.2 Å². The topological polar surface area (TPSA) is 43.1 Å². The molecule has 0 bridgehead atoms. The van der Waals surface area contributed by atoms with Gasteiger partial charge in [-0.25, -0.2) is 0 Å². The SMILES string of the molecule is O=[N+]([O-])c1ccc(/C=C/C=C\c2ccccc2)cc1. The molecule has 0 unspecified atom stereocenters. The Hall–Kier alpha value is -2.68. The number of nitro groups is 1. The zero-order chi connectivity index (χ0) is 13.5. The maximum Gasteiger partial charge on any atom is 0.269 e. The normalized spacial score (nSPS) is 11.2. The second-order valence-corrected chi connectivity index (χ2v) is 3.98. The Balaban J connectivity index is 1.99. The molecule has 0 aliphatic rings. The standard InChI is InChI=1S/C16H13NO2/c18-17(19)16-12-10-15(11-13-16)9-5-4-8-14-6-2-1-3-7-14/h1-13H/b8-4-,9-5+.